The summed E-state index contributed by atoms with van der Waals surface area (Å²) in [7, 11) is 0. The highest BCUT2D eigenvalue weighted by molar-refractivity contribution is 6.36. The fraction of sp³-hybridized carbons (Fsp3) is 0.222. The Bertz CT molecular complexity index is 1380. The maximum absolute atomic E-state index is 13.7. The van der Waals surface area contributed by atoms with Gasteiger partial charge in [0.15, 0.2) is 0 Å². The van der Waals surface area contributed by atoms with Crippen molar-refractivity contribution in [1.29, 1.82) is 0 Å². The Kier molecular flexibility index (Phi) is 5.19. The smallest absolute Gasteiger partial charge is 0.326 e. The molecule has 4 aliphatic rings. The number of hydrogen-bond donors (Lipinski definition) is 0. The van der Waals surface area contributed by atoms with Crippen LogP contribution >= 0.6 is 23.2 Å². The van der Waals surface area contributed by atoms with Crippen molar-refractivity contribution in [1.82, 2.24) is 4.90 Å². The van der Waals surface area contributed by atoms with E-state index in [1.54, 1.807) is 0 Å². The number of hydrogen-bond acceptors (Lipinski definition) is 6. The van der Waals surface area contributed by atoms with E-state index in [0.717, 1.165) is 4.90 Å². The van der Waals surface area contributed by atoms with E-state index in [4.69, 9.17) is 27.9 Å². The average Bonchev–Trinajstić information content (AvgIpc) is 3.16. The number of non-ortho nitro benzene ring substituents is 1. The fourth-order valence-corrected chi connectivity index (χ4v) is 7.03. The minimum atomic E-state index is -1.32. The van der Waals surface area contributed by atoms with Gasteiger partial charge in [0, 0.05) is 12.1 Å². The van der Waals surface area contributed by atoms with E-state index >= 15 is 0 Å². The number of alkyl halides is 2. The zero-order valence-electron chi connectivity index (χ0n) is 19.1. The SMILES string of the molecule is O=C(CN1C(=O)[C@@H]2[C@H](C1=O)C1(Cl)c3ccccc3C2(Cl)c2ccccc21)OCc1ccc([N+](=O)[O-])cc1. The van der Waals surface area contributed by atoms with Gasteiger partial charge in [0.1, 0.15) is 22.9 Å². The van der Waals surface area contributed by atoms with Gasteiger partial charge in [0.2, 0.25) is 11.8 Å². The van der Waals surface area contributed by atoms with E-state index in [1.165, 1.54) is 24.3 Å². The van der Waals surface area contributed by atoms with E-state index < -0.39 is 50.8 Å². The van der Waals surface area contributed by atoms with E-state index in [0.29, 0.717) is 27.8 Å². The van der Waals surface area contributed by atoms with E-state index in [1.807, 2.05) is 48.5 Å². The Labute approximate surface area is 220 Å². The molecule has 37 heavy (non-hydrogen) atoms. The molecule has 0 radical (unpaired) electrons. The zero-order chi connectivity index (χ0) is 26.1. The number of carbonyl (C=O) groups is 3. The van der Waals surface area contributed by atoms with Crippen LogP contribution in [-0.4, -0.2) is 34.2 Å². The van der Waals surface area contributed by atoms with Crippen molar-refractivity contribution in [3.8, 4) is 0 Å². The number of carbonyl (C=O) groups excluding carboxylic acids is 3. The second-order valence-corrected chi connectivity index (χ2v) is 10.5. The average molecular weight is 537 g/mol. The molecule has 0 spiro atoms. The second kappa shape index (κ2) is 8.13. The van der Waals surface area contributed by atoms with Gasteiger partial charge in [-0.25, -0.2) is 0 Å². The Morgan fingerprint density at radius 3 is 1.68 bits per heavy atom. The number of likely N-dealkylation sites (tertiary alicyclic amines) is 1. The Morgan fingerprint density at radius 2 is 1.27 bits per heavy atom. The molecular weight excluding hydrogens is 519 g/mol. The summed E-state index contributed by atoms with van der Waals surface area (Å²) in [6.45, 7) is -0.764. The van der Waals surface area contributed by atoms with Gasteiger partial charge in [-0.05, 0) is 39.9 Å². The van der Waals surface area contributed by atoms with Crippen molar-refractivity contribution in [2.24, 2.45) is 11.8 Å². The summed E-state index contributed by atoms with van der Waals surface area (Å²) in [5, 5.41) is 10.8. The molecule has 1 fully saturated rings. The summed E-state index contributed by atoms with van der Waals surface area (Å²) < 4.78 is 5.26. The lowest BCUT2D eigenvalue weighted by Crippen LogP contribution is -2.57. The van der Waals surface area contributed by atoms with Crippen molar-refractivity contribution >= 4 is 46.7 Å². The van der Waals surface area contributed by atoms with Crippen molar-refractivity contribution in [2.75, 3.05) is 6.54 Å². The molecule has 8 nitrogen and oxygen atoms in total. The first-order valence-electron chi connectivity index (χ1n) is 11.5. The molecule has 1 heterocycles. The van der Waals surface area contributed by atoms with Crippen LogP contribution in [0.1, 0.15) is 27.8 Å². The first-order chi connectivity index (χ1) is 17.7. The second-order valence-electron chi connectivity index (χ2n) is 9.32. The van der Waals surface area contributed by atoms with E-state index in [2.05, 4.69) is 0 Å². The molecule has 3 aliphatic carbocycles. The monoisotopic (exact) mass is 536 g/mol. The third kappa shape index (κ3) is 3.12. The standard InChI is InChI=1S/C27H18Cl2N2O6/c28-26-17-5-1-2-6-18(17)27(29,20-8-4-3-7-19(20)26)23-22(26)24(33)30(25(23)34)13-21(32)37-14-15-9-11-16(12-10-15)31(35)36/h1-12,22-23H,13-14H2/t22-,23+,26?,27?. The number of halogens is 2. The van der Waals surface area contributed by atoms with Crippen LogP contribution in [0.15, 0.2) is 72.8 Å². The molecule has 0 unspecified atom stereocenters. The fourth-order valence-electron chi connectivity index (χ4n) is 5.93. The van der Waals surface area contributed by atoms with Crippen LogP contribution in [0.25, 0.3) is 0 Å². The summed E-state index contributed by atoms with van der Waals surface area (Å²) in [6, 6.07) is 20.1. The lowest BCUT2D eigenvalue weighted by molar-refractivity contribution is -0.384. The Hall–Kier alpha value is -3.75. The number of nitro groups is 1. The minimum absolute atomic E-state index is 0.0902. The molecular formula is C27H18Cl2N2O6. The van der Waals surface area contributed by atoms with Gasteiger partial charge < -0.3 is 4.74 Å². The molecule has 1 aliphatic heterocycles. The predicted octanol–water partition coefficient (Wildman–Crippen LogP) is 4.23. The molecule has 0 saturated carbocycles. The van der Waals surface area contributed by atoms with Crippen LogP contribution in [0, 0.1) is 22.0 Å². The Morgan fingerprint density at radius 1 is 0.838 bits per heavy atom. The summed E-state index contributed by atoms with van der Waals surface area (Å²) in [5.41, 5.74) is 3.14. The molecule has 0 aromatic heterocycles. The predicted molar refractivity (Wildman–Crippen MR) is 133 cm³/mol. The first kappa shape index (κ1) is 23.6. The summed E-state index contributed by atoms with van der Waals surface area (Å²) in [6.07, 6.45) is 0. The highest BCUT2D eigenvalue weighted by atomic mass is 35.5. The molecule has 3 aromatic carbocycles. The highest BCUT2D eigenvalue weighted by Gasteiger charge is 2.73. The van der Waals surface area contributed by atoms with Crippen LogP contribution in [0.4, 0.5) is 5.69 Å². The molecule has 186 valence electrons. The molecule has 2 atom stereocenters. The van der Waals surface area contributed by atoms with Crippen molar-refractivity contribution in [2.45, 2.75) is 16.4 Å². The quantitative estimate of drug-likeness (QED) is 0.159. The number of rotatable bonds is 5. The minimum Gasteiger partial charge on any atom is -0.459 e. The van der Waals surface area contributed by atoms with Gasteiger partial charge in [-0.3, -0.25) is 29.4 Å². The van der Waals surface area contributed by atoms with E-state index in [-0.39, 0.29) is 12.3 Å². The van der Waals surface area contributed by atoms with Crippen LogP contribution in [0.3, 0.4) is 0 Å². The van der Waals surface area contributed by atoms with Crippen LogP contribution < -0.4 is 0 Å². The van der Waals surface area contributed by atoms with Crippen LogP contribution in [0.2, 0.25) is 0 Å². The van der Waals surface area contributed by atoms with Gasteiger partial charge in [0.25, 0.3) is 5.69 Å². The molecule has 7 rings (SSSR count). The van der Waals surface area contributed by atoms with Gasteiger partial charge in [0.05, 0.1) is 16.8 Å². The van der Waals surface area contributed by atoms with Gasteiger partial charge in [-0.15, -0.1) is 23.2 Å². The third-order valence-corrected chi connectivity index (χ3v) is 8.80. The number of nitrogens with zero attached hydrogens (tertiary/aromatic N) is 2. The van der Waals surface area contributed by atoms with Crippen LogP contribution in [-0.2, 0) is 35.5 Å². The number of imide groups is 1. The zero-order valence-corrected chi connectivity index (χ0v) is 20.6. The topological polar surface area (TPSA) is 107 Å². The maximum Gasteiger partial charge on any atom is 0.326 e. The number of nitro benzene ring substituents is 1. The third-order valence-electron chi connectivity index (χ3n) is 7.51. The largest absolute Gasteiger partial charge is 0.459 e. The molecule has 1 saturated heterocycles. The highest BCUT2D eigenvalue weighted by Crippen LogP contribution is 2.69. The molecule has 2 amide bonds. The normalized spacial score (nSPS) is 26.9. The number of benzene rings is 3. The molecule has 2 bridgehead atoms. The lowest BCUT2D eigenvalue weighted by atomic mass is 9.54. The number of ether oxygens (including phenoxy) is 1. The molecule has 10 heteroatoms. The van der Waals surface area contributed by atoms with Gasteiger partial charge in [-0.1, -0.05) is 48.5 Å². The maximum atomic E-state index is 13.7. The van der Waals surface area contributed by atoms with Crippen LogP contribution in [0.5, 0.6) is 0 Å². The van der Waals surface area contributed by atoms with Crippen molar-refractivity contribution in [3.05, 3.63) is 111 Å². The van der Waals surface area contributed by atoms with E-state index in [9.17, 15) is 24.5 Å². The lowest BCUT2D eigenvalue weighted by Gasteiger charge is -2.54. The molecule has 0 N–H and O–H groups in total. The summed E-state index contributed by atoms with van der Waals surface area (Å²) >= 11 is 14.7. The summed E-state index contributed by atoms with van der Waals surface area (Å²) in [4.78, 5) is 48.6. The van der Waals surface area contributed by atoms with Gasteiger partial charge in [-0.2, -0.15) is 0 Å². The Balaban J connectivity index is 1.30. The number of amides is 2. The number of esters is 1. The molecule has 3 aromatic rings. The van der Waals surface area contributed by atoms with Crippen molar-refractivity contribution < 1.29 is 24.0 Å². The van der Waals surface area contributed by atoms with Gasteiger partial charge >= 0.3 is 5.97 Å². The summed E-state index contributed by atoms with van der Waals surface area (Å²) in [5.74, 6) is -3.94. The first-order valence-corrected chi connectivity index (χ1v) is 12.3. The van der Waals surface area contributed by atoms with Crippen molar-refractivity contribution in [3.63, 3.8) is 0 Å².